The zero-order valence-corrected chi connectivity index (χ0v) is 12.5. The van der Waals surface area contributed by atoms with Crippen LogP contribution in [0.2, 0.25) is 5.02 Å². The fraction of sp³-hybridized carbons (Fsp3) is 0.0667. The lowest BCUT2D eigenvalue weighted by Crippen LogP contribution is -2.46. The number of carbonyl (C=O) groups excluding carboxylic acids is 2. The molecule has 20 heavy (non-hydrogen) atoms. The maximum absolute atomic E-state index is 12.7. The average Bonchev–Trinajstić information content (AvgIpc) is 2.47. The van der Waals surface area contributed by atoms with Gasteiger partial charge in [-0.25, -0.2) is 0 Å². The number of nitrogens with one attached hydrogen (secondary N) is 1. The number of benzene rings is 2. The van der Waals surface area contributed by atoms with E-state index in [1.165, 1.54) is 0 Å². The number of anilines is 1. The third-order valence-corrected chi connectivity index (χ3v) is 4.68. The number of alkyl halides is 1. The first kappa shape index (κ1) is 13.3. The molecule has 3 rings (SSSR count). The van der Waals surface area contributed by atoms with E-state index in [9.17, 15) is 9.59 Å². The number of rotatable bonds is 1. The van der Waals surface area contributed by atoms with Gasteiger partial charge in [0.2, 0.25) is 0 Å². The van der Waals surface area contributed by atoms with E-state index < -0.39 is 10.2 Å². The second-order valence-electron chi connectivity index (χ2n) is 4.50. The monoisotopic (exact) mass is 349 g/mol. The minimum atomic E-state index is -1.41. The van der Waals surface area contributed by atoms with Gasteiger partial charge >= 0.3 is 0 Å². The van der Waals surface area contributed by atoms with E-state index in [0.717, 1.165) is 0 Å². The number of halogens is 2. The van der Waals surface area contributed by atoms with Crippen molar-refractivity contribution in [3.8, 4) is 0 Å². The topological polar surface area (TPSA) is 46.2 Å². The smallest absolute Gasteiger partial charge is 0.253 e. The van der Waals surface area contributed by atoms with Crippen LogP contribution in [-0.4, -0.2) is 11.7 Å². The van der Waals surface area contributed by atoms with Gasteiger partial charge in [0.1, 0.15) is 0 Å². The summed E-state index contributed by atoms with van der Waals surface area (Å²) in [5.74, 6) is -0.714. The second kappa shape index (κ2) is 4.72. The Balaban J connectivity index is 2.20. The van der Waals surface area contributed by atoms with Crippen LogP contribution in [0.5, 0.6) is 0 Å². The van der Waals surface area contributed by atoms with Crippen molar-refractivity contribution >= 4 is 44.9 Å². The van der Waals surface area contributed by atoms with Gasteiger partial charge in [-0.2, -0.15) is 0 Å². The molecule has 0 bridgehead atoms. The molecule has 1 aliphatic rings. The first-order chi connectivity index (χ1) is 9.53. The Labute approximate surface area is 129 Å². The Kier molecular flexibility index (Phi) is 3.15. The summed E-state index contributed by atoms with van der Waals surface area (Å²) in [6, 6.07) is 13.7. The predicted octanol–water partition coefficient (Wildman–Crippen LogP) is 3.77. The summed E-state index contributed by atoms with van der Waals surface area (Å²) >= 11 is 9.26. The number of hydrogen-bond donors (Lipinski definition) is 1. The molecule has 0 spiro atoms. The molecule has 0 saturated heterocycles. The molecule has 1 amide bonds. The molecular formula is C15H9BrClNO2. The summed E-state index contributed by atoms with van der Waals surface area (Å²) < 4.78 is -1.41. The lowest BCUT2D eigenvalue weighted by Gasteiger charge is -2.31. The molecule has 0 saturated carbocycles. The van der Waals surface area contributed by atoms with Crippen molar-refractivity contribution in [2.45, 2.75) is 4.32 Å². The number of fused-ring (bicyclic) bond motifs is 1. The fourth-order valence-corrected chi connectivity index (χ4v) is 2.99. The van der Waals surface area contributed by atoms with Gasteiger partial charge in [-0.15, -0.1) is 0 Å². The van der Waals surface area contributed by atoms with Gasteiger partial charge in [-0.05, 0) is 23.8 Å². The summed E-state index contributed by atoms with van der Waals surface area (Å²) in [5.41, 5.74) is 1.47. The average molecular weight is 351 g/mol. The highest BCUT2D eigenvalue weighted by atomic mass is 79.9. The van der Waals surface area contributed by atoms with Gasteiger partial charge in [-0.1, -0.05) is 57.9 Å². The summed E-state index contributed by atoms with van der Waals surface area (Å²) in [5, 5.41) is 3.20. The molecule has 1 N–H and O–H groups in total. The van der Waals surface area contributed by atoms with E-state index in [1.807, 2.05) is 6.07 Å². The van der Waals surface area contributed by atoms with Crippen LogP contribution < -0.4 is 5.32 Å². The van der Waals surface area contributed by atoms with Crippen LogP contribution in [0.25, 0.3) is 0 Å². The highest BCUT2D eigenvalue weighted by molar-refractivity contribution is 9.10. The Morgan fingerprint density at radius 3 is 2.45 bits per heavy atom. The Morgan fingerprint density at radius 1 is 1.05 bits per heavy atom. The standard InChI is InChI=1S/C15H9BrClNO2/c16-15(9-4-2-1-3-5-9)13(19)11-8-10(17)6-7-12(11)18-14(15)20/h1-8H,(H,18,20). The molecule has 1 atom stereocenters. The minimum absolute atomic E-state index is 0.315. The normalized spacial score (nSPS) is 21.3. The molecule has 5 heteroatoms. The van der Waals surface area contributed by atoms with E-state index in [1.54, 1.807) is 42.5 Å². The molecule has 3 nitrogen and oxygen atoms in total. The zero-order valence-electron chi connectivity index (χ0n) is 10.2. The van der Waals surface area contributed by atoms with Crippen molar-refractivity contribution in [3.05, 3.63) is 64.7 Å². The van der Waals surface area contributed by atoms with Crippen LogP contribution in [0.15, 0.2) is 48.5 Å². The van der Waals surface area contributed by atoms with Gasteiger partial charge in [0, 0.05) is 10.6 Å². The molecule has 1 unspecified atom stereocenters. The minimum Gasteiger partial charge on any atom is -0.323 e. The van der Waals surface area contributed by atoms with Crippen LogP contribution in [0.1, 0.15) is 15.9 Å². The number of hydrogen-bond acceptors (Lipinski definition) is 2. The summed E-state index contributed by atoms with van der Waals surface area (Å²) in [7, 11) is 0. The van der Waals surface area contributed by atoms with Crippen molar-refractivity contribution in [3.63, 3.8) is 0 Å². The highest BCUT2D eigenvalue weighted by Crippen LogP contribution is 2.41. The molecule has 0 aliphatic carbocycles. The predicted molar refractivity (Wildman–Crippen MR) is 81.5 cm³/mol. The summed E-state index contributed by atoms with van der Waals surface area (Å²) in [4.78, 5) is 25.1. The van der Waals surface area contributed by atoms with Crippen LogP contribution in [0, 0.1) is 0 Å². The van der Waals surface area contributed by atoms with Crippen LogP contribution in [-0.2, 0) is 9.12 Å². The molecule has 100 valence electrons. The van der Waals surface area contributed by atoms with Crippen LogP contribution in [0.3, 0.4) is 0 Å². The molecule has 2 aromatic carbocycles. The van der Waals surface area contributed by atoms with E-state index in [2.05, 4.69) is 21.2 Å². The molecule has 0 radical (unpaired) electrons. The van der Waals surface area contributed by atoms with E-state index in [0.29, 0.717) is 21.8 Å². The summed E-state index contributed by atoms with van der Waals surface area (Å²) in [6.45, 7) is 0. The number of ketones is 1. The Bertz CT molecular complexity index is 717. The maximum Gasteiger partial charge on any atom is 0.253 e. The van der Waals surface area contributed by atoms with E-state index >= 15 is 0 Å². The van der Waals surface area contributed by atoms with Gasteiger partial charge < -0.3 is 5.32 Å². The SMILES string of the molecule is O=C1Nc2ccc(Cl)cc2C(=O)C1(Br)c1ccccc1. The third kappa shape index (κ3) is 1.87. The fourth-order valence-electron chi connectivity index (χ4n) is 2.24. The van der Waals surface area contributed by atoms with Gasteiger partial charge in [0.25, 0.3) is 5.91 Å². The summed E-state index contributed by atoms with van der Waals surface area (Å²) in [6.07, 6.45) is 0. The highest BCUT2D eigenvalue weighted by Gasteiger charge is 2.49. The molecule has 1 aliphatic heterocycles. The molecule has 1 heterocycles. The van der Waals surface area contributed by atoms with Crippen LogP contribution in [0.4, 0.5) is 5.69 Å². The number of amides is 1. The van der Waals surface area contributed by atoms with Crippen molar-refractivity contribution in [1.82, 2.24) is 0 Å². The van der Waals surface area contributed by atoms with Crippen molar-refractivity contribution in [2.24, 2.45) is 0 Å². The van der Waals surface area contributed by atoms with E-state index in [-0.39, 0.29) is 5.78 Å². The molecular weight excluding hydrogens is 342 g/mol. The Hall–Kier alpha value is -1.65. The lowest BCUT2D eigenvalue weighted by atomic mass is 9.86. The van der Waals surface area contributed by atoms with Crippen molar-refractivity contribution < 1.29 is 9.59 Å². The van der Waals surface area contributed by atoms with E-state index in [4.69, 9.17) is 11.6 Å². The van der Waals surface area contributed by atoms with Crippen LogP contribution >= 0.6 is 27.5 Å². The first-order valence-corrected chi connectivity index (χ1v) is 7.11. The lowest BCUT2D eigenvalue weighted by molar-refractivity contribution is -0.117. The van der Waals surface area contributed by atoms with Gasteiger partial charge in [-0.3, -0.25) is 9.59 Å². The number of Topliss-reactive ketones (excluding diaryl/α,β-unsaturated/α-hetero) is 1. The second-order valence-corrected chi connectivity index (χ2v) is 6.12. The molecule has 2 aromatic rings. The van der Waals surface area contributed by atoms with Gasteiger partial charge in [0.05, 0.1) is 5.69 Å². The quantitative estimate of drug-likeness (QED) is 0.629. The zero-order chi connectivity index (χ0) is 14.3. The largest absolute Gasteiger partial charge is 0.323 e. The maximum atomic E-state index is 12.7. The molecule has 0 aromatic heterocycles. The van der Waals surface area contributed by atoms with Crippen molar-refractivity contribution in [2.75, 3.05) is 5.32 Å². The van der Waals surface area contributed by atoms with Gasteiger partial charge in [0.15, 0.2) is 10.1 Å². The Morgan fingerprint density at radius 2 is 1.75 bits per heavy atom. The van der Waals surface area contributed by atoms with Crippen molar-refractivity contribution in [1.29, 1.82) is 0 Å². The number of carbonyl (C=O) groups is 2. The first-order valence-electron chi connectivity index (χ1n) is 5.93. The molecule has 0 fully saturated rings. The third-order valence-electron chi connectivity index (χ3n) is 3.27.